The maximum atomic E-state index is 12.6. The first-order valence-corrected chi connectivity index (χ1v) is 22.9. The molecule has 10 heteroatoms. The summed E-state index contributed by atoms with van der Waals surface area (Å²) in [6.07, 6.45) is 50.1. The van der Waals surface area contributed by atoms with Crippen molar-refractivity contribution in [3.05, 3.63) is 97.2 Å². The van der Waals surface area contributed by atoms with Gasteiger partial charge in [0.15, 0.2) is 6.10 Å². The molecule has 2 unspecified atom stereocenters. The third-order valence-corrected chi connectivity index (χ3v) is 9.37. The number of allylic oxidation sites excluding steroid dienone is 16. The van der Waals surface area contributed by atoms with Crippen LogP contribution in [-0.4, -0.2) is 70.0 Å². The summed E-state index contributed by atoms with van der Waals surface area (Å²) in [6.45, 7) is 3.89. The summed E-state index contributed by atoms with van der Waals surface area (Å²) < 4.78 is 33.8. The highest BCUT2D eigenvalue weighted by Gasteiger charge is 2.21. The van der Waals surface area contributed by atoms with E-state index in [2.05, 4.69) is 92.8 Å². The lowest BCUT2D eigenvalue weighted by Crippen LogP contribution is -2.37. The average Bonchev–Trinajstić information content (AvgIpc) is 3.16. The monoisotopic (exact) mass is 816 g/mol. The van der Waals surface area contributed by atoms with Gasteiger partial charge in [0.2, 0.25) is 0 Å². The van der Waals surface area contributed by atoms with Crippen molar-refractivity contribution in [1.29, 1.82) is 0 Å². The van der Waals surface area contributed by atoms with Crippen molar-refractivity contribution in [2.75, 3.05) is 47.5 Å². The molecule has 0 fully saturated rings. The fraction of sp³-hybridized carbons (Fsp3) is 0.617. The van der Waals surface area contributed by atoms with Crippen LogP contribution in [0, 0.1) is 0 Å². The number of hydrogen-bond acceptors (Lipinski definition) is 8. The van der Waals surface area contributed by atoms with Gasteiger partial charge in [0.05, 0.1) is 27.7 Å². The van der Waals surface area contributed by atoms with Gasteiger partial charge in [-0.1, -0.05) is 143 Å². The average molecular weight is 816 g/mol. The Morgan fingerprint density at radius 2 is 1.04 bits per heavy atom. The van der Waals surface area contributed by atoms with Gasteiger partial charge in [0.25, 0.3) is 7.82 Å². The first kappa shape index (κ1) is 53.9. The zero-order chi connectivity index (χ0) is 42.1. The van der Waals surface area contributed by atoms with Crippen LogP contribution in [0.2, 0.25) is 0 Å². The molecule has 2 atom stereocenters. The molecular weight excluding hydrogens is 737 g/mol. The zero-order valence-electron chi connectivity index (χ0n) is 36.2. The van der Waals surface area contributed by atoms with Gasteiger partial charge in [-0.15, -0.1) is 0 Å². The number of carbonyl (C=O) groups is 2. The summed E-state index contributed by atoms with van der Waals surface area (Å²) in [4.78, 5) is 37.5. The van der Waals surface area contributed by atoms with Gasteiger partial charge in [-0.05, 0) is 77.0 Å². The number of esters is 2. The van der Waals surface area contributed by atoms with Crippen LogP contribution in [0.5, 0.6) is 0 Å². The predicted molar refractivity (Wildman–Crippen MR) is 235 cm³/mol. The number of ether oxygens (including phenoxy) is 2. The lowest BCUT2D eigenvalue weighted by Gasteiger charge is -2.28. The van der Waals surface area contributed by atoms with Crippen molar-refractivity contribution in [2.24, 2.45) is 0 Å². The van der Waals surface area contributed by atoms with Crippen molar-refractivity contribution in [3.8, 4) is 0 Å². The van der Waals surface area contributed by atoms with Crippen molar-refractivity contribution in [1.82, 2.24) is 0 Å². The Hall–Kier alpha value is -3.07. The van der Waals surface area contributed by atoms with Crippen LogP contribution in [0.1, 0.15) is 136 Å². The number of phosphoric ester groups is 1. The van der Waals surface area contributed by atoms with E-state index in [-0.39, 0.29) is 26.1 Å². The third-order valence-electron chi connectivity index (χ3n) is 8.41. The Kier molecular flexibility index (Phi) is 36.4. The number of hydrogen-bond donors (Lipinski definition) is 0. The van der Waals surface area contributed by atoms with Gasteiger partial charge in [0, 0.05) is 12.8 Å². The summed E-state index contributed by atoms with van der Waals surface area (Å²) in [5, 5.41) is 0. The predicted octanol–water partition coefficient (Wildman–Crippen LogP) is 11.6. The zero-order valence-corrected chi connectivity index (χ0v) is 37.1. The van der Waals surface area contributed by atoms with E-state index in [0.717, 1.165) is 96.3 Å². The van der Waals surface area contributed by atoms with E-state index < -0.39 is 32.5 Å². The Labute approximate surface area is 347 Å². The largest absolute Gasteiger partial charge is 0.756 e. The van der Waals surface area contributed by atoms with Gasteiger partial charge < -0.3 is 27.9 Å². The molecule has 0 heterocycles. The Morgan fingerprint density at radius 1 is 0.561 bits per heavy atom. The van der Waals surface area contributed by atoms with Crippen molar-refractivity contribution in [3.63, 3.8) is 0 Å². The number of likely N-dealkylation sites (N-methyl/N-ethyl adjacent to an activating group) is 1. The highest BCUT2D eigenvalue weighted by Crippen LogP contribution is 2.38. The molecule has 57 heavy (non-hydrogen) atoms. The fourth-order valence-corrected chi connectivity index (χ4v) is 5.82. The molecule has 0 amide bonds. The second-order valence-corrected chi connectivity index (χ2v) is 16.4. The number of phosphoric acid groups is 1. The smallest absolute Gasteiger partial charge is 0.306 e. The van der Waals surface area contributed by atoms with Gasteiger partial charge in [-0.3, -0.25) is 14.2 Å². The molecular formula is C47H78NO8P. The second kappa shape index (κ2) is 38.4. The van der Waals surface area contributed by atoms with Crippen molar-refractivity contribution >= 4 is 19.8 Å². The maximum Gasteiger partial charge on any atom is 0.306 e. The Balaban J connectivity index is 4.44. The summed E-state index contributed by atoms with van der Waals surface area (Å²) in [7, 11) is 1.11. The van der Waals surface area contributed by atoms with E-state index >= 15 is 0 Å². The number of carbonyl (C=O) groups excluding carboxylic acids is 2. The van der Waals surface area contributed by atoms with E-state index in [0.29, 0.717) is 23.9 Å². The van der Waals surface area contributed by atoms with Crippen LogP contribution in [-0.2, 0) is 32.7 Å². The molecule has 0 spiro atoms. The summed E-state index contributed by atoms with van der Waals surface area (Å²) in [6, 6.07) is 0. The molecule has 0 aromatic heterocycles. The molecule has 0 aliphatic heterocycles. The highest BCUT2D eigenvalue weighted by atomic mass is 31.2. The molecule has 0 bridgehead atoms. The third kappa shape index (κ3) is 42.4. The van der Waals surface area contributed by atoms with Crippen LogP contribution in [0.4, 0.5) is 0 Å². The normalized spacial score (nSPS) is 14.6. The standard InChI is InChI=1S/C47H78NO8P/c1-6-8-10-12-14-16-18-20-21-22-23-24-25-26-28-29-31-33-35-37-39-46(49)53-43-45(44-55-57(51,52)54-42-41-48(3,4)5)56-47(50)40-38-36-34-32-30-27-19-17-15-13-11-9-7-2/h8-11,13-17,19-21,23-24,26,28,45H,6-7,12,18,22,25,27,29-44H2,1-5H3/b10-8+,11-9+,15-13+,16-14+,19-17+,21-20+,24-23+,28-26+. The van der Waals surface area contributed by atoms with E-state index in [4.69, 9.17) is 18.5 Å². The first-order chi connectivity index (χ1) is 27.5. The minimum Gasteiger partial charge on any atom is -0.756 e. The van der Waals surface area contributed by atoms with Crippen molar-refractivity contribution < 1.29 is 42.1 Å². The number of unbranched alkanes of at least 4 members (excludes halogenated alkanes) is 9. The summed E-state index contributed by atoms with van der Waals surface area (Å²) in [5.74, 6) is -0.900. The maximum absolute atomic E-state index is 12.6. The Morgan fingerprint density at radius 3 is 1.60 bits per heavy atom. The molecule has 0 aromatic rings. The van der Waals surface area contributed by atoms with Gasteiger partial charge in [0.1, 0.15) is 19.8 Å². The number of nitrogens with zero attached hydrogens (tertiary/aromatic N) is 1. The molecule has 0 radical (unpaired) electrons. The van der Waals surface area contributed by atoms with Crippen molar-refractivity contribution in [2.45, 2.75) is 142 Å². The van der Waals surface area contributed by atoms with E-state index in [9.17, 15) is 19.0 Å². The molecule has 0 saturated heterocycles. The molecule has 0 N–H and O–H groups in total. The summed E-state index contributed by atoms with van der Waals surface area (Å²) >= 11 is 0. The van der Waals surface area contributed by atoms with Gasteiger partial charge >= 0.3 is 11.9 Å². The van der Waals surface area contributed by atoms with Crippen LogP contribution in [0.3, 0.4) is 0 Å². The second-order valence-electron chi connectivity index (χ2n) is 15.0. The van der Waals surface area contributed by atoms with E-state index in [1.807, 2.05) is 39.4 Å². The summed E-state index contributed by atoms with van der Waals surface area (Å²) in [5.41, 5.74) is 0. The Bertz CT molecular complexity index is 1290. The fourth-order valence-electron chi connectivity index (χ4n) is 5.09. The molecule has 0 rings (SSSR count). The van der Waals surface area contributed by atoms with Gasteiger partial charge in [-0.2, -0.15) is 0 Å². The molecule has 0 aromatic carbocycles. The van der Waals surface area contributed by atoms with Crippen LogP contribution < -0.4 is 4.89 Å². The SMILES string of the molecule is CC/C=C/C=C/C=C/CCCCCCCC(=O)OC(COC(=O)CCCCCC/C=C/C/C=C/C/C=C/C/C=C/C/C=C/CC)COP(=O)([O-])OCC[N+](C)(C)C. The molecule has 0 aliphatic carbocycles. The lowest BCUT2D eigenvalue weighted by atomic mass is 10.1. The minimum atomic E-state index is -4.64. The molecule has 9 nitrogen and oxygen atoms in total. The molecule has 324 valence electrons. The highest BCUT2D eigenvalue weighted by molar-refractivity contribution is 7.45. The topological polar surface area (TPSA) is 111 Å². The molecule has 0 aliphatic rings. The first-order valence-electron chi connectivity index (χ1n) is 21.5. The van der Waals surface area contributed by atoms with Crippen LogP contribution in [0.15, 0.2) is 97.2 Å². The van der Waals surface area contributed by atoms with Crippen LogP contribution in [0.25, 0.3) is 0 Å². The minimum absolute atomic E-state index is 0.0456. The number of quaternary nitrogens is 1. The van der Waals surface area contributed by atoms with Gasteiger partial charge in [-0.25, -0.2) is 0 Å². The quantitative estimate of drug-likeness (QED) is 0.0152. The van der Waals surface area contributed by atoms with Crippen LogP contribution >= 0.6 is 7.82 Å². The number of rotatable bonds is 37. The van der Waals surface area contributed by atoms with E-state index in [1.54, 1.807) is 0 Å². The lowest BCUT2D eigenvalue weighted by molar-refractivity contribution is -0.870. The molecule has 0 saturated carbocycles. The van der Waals surface area contributed by atoms with E-state index in [1.165, 1.54) is 0 Å².